The minimum Gasteiger partial charge on any atom is -0.383 e. The predicted octanol–water partition coefficient (Wildman–Crippen LogP) is 2.75. The maximum atomic E-state index is 5.92. The third kappa shape index (κ3) is 3.81. The molecular weight excluding hydrogens is 198 g/mol. The van der Waals surface area contributed by atoms with Gasteiger partial charge in [0.05, 0.1) is 0 Å². The lowest BCUT2D eigenvalue weighted by Crippen LogP contribution is -2.24. The summed E-state index contributed by atoms with van der Waals surface area (Å²) in [5, 5.41) is 3.54. The smallest absolute Gasteiger partial charge is 0.128 e. The number of anilines is 1. The lowest BCUT2D eigenvalue weighted by atomic mass is 9.97. The molecule has 0 spiro atoms. The summed E-state index contributed by atoms with van der Waals surface area (Å²) in [4.78, 5) is 4.15. The number of rotatable bonds is 6. The van der Waals surface area contributed by atoms with Crippen LogP contribution < -0.4 is 11.1 Å². The molecule has 1 atom stereocenters. The van der Waals surface area contributed by atoms with E-state index in [9.17, 15) is 0 Å². The normalized spacial score (nSPS) is 13.0. The first-order valence-electron chi connectivity index (χ1n) is 6.09. The van der Waals surface area contributed by atoms with Crippen LogP contribution in [0.1, 0.15) is 45.2 Å². The Balaban J connectivity index is 2.78. The van der Waals surface area contributed by atoms with E-state index in [0.717, 1.165) is 24.9 Å². The van der Waals surface area contributed by atoms with Crippen molar-refractivity contribution in [3.8, 4) is 0 Å². The zero-order valence-electron chi connectivity index (χ0n) is 10.5. The first-order valence-corrected chi connectivity index (χ1v) is 6.09. The van der Waals surface area contributed by atoms with E-state index in [2.05, 4.69) is 37.1 Å². The van der Waals surface area contributed by atoms with Crippen molar-refractivity contribution in [1.82, 2.24) is 10.3 Å². The molecule has 0 aliphatic carbocycles. The van der Waals surface area contributed by atoms with Gasteiger partial charge in [-0.3, -0.25) is 0 Å². The molecule has 16 heavy (non-hydrogen) atoms. The molecule has 1 unspecified atom stereocenters. The number of aromatic nitrogens is 1. The predicted molar refractivity (Wildman–Crippen MR) is 69.1 cm³/mol. The number of hydrogen-bond donors (Lipinski definition) is 2. The minimum absolute atomic E-state index is 0.327. The van der Waals surface area contributed by atoms with Crippen molar-refractivity contribution in [3.63, 3.8) is 0 Å². The molecule has 0 amide bonds. The molecule has 0 fully saturated rings. The molecule has 0 aliphatic heterocycles. The maximum Gasteiger partial charge on any atom is 0.128 e. The van der Waals surface area contributed by atoms with E-state index in [1.54, 1.807) is 6.20 Å². The maximum absolute atomic E-state index is 5.92. The second kappa shape index (κ2) is 6.48. The van der Waals surface area contributed by atoms with Gasteiger partial charge in [-0.1, -0.05) is 26.8 Å². The fraction of sp³-hybridized carbons (Fsp3) is 0.615. The quantitative estimate of drug-likeness (QED) is 0.776. The summed E-state index contributed by atoms with van der Waals surface area (Å²) in [6.45, 7) is 7.65. The van der Waals surface area contributed by atoms with Gasteiger partial charge in [-0.25, -0.2) is 4.98 Å². The van der Waals surface area contributed by atoms with Crippen molar-refractivity contribution >= 4 is 5.82 Å². The third-order valence-electron chi connectivity index (χ3n) is 2.59. The van der Waals surface area contributed by atoms with Crippen molar-refractivity contribution in [3.05, 3.63) is 23.9 Å². The lowest BCUT2D eigenvalue weighted by molar-refractivity contribution is 0.430. The van der Waals surface area contributed by atoms with Crippen LogP contribution in [-0.4, -0.2) is 11.5 Å². The van der Waals surface area contributed by atoms with Crippen LogP contribution in [0.5, 0.6) is 0 Å². The Morgan fingerprint density at radius 2 is 2.19 bits per heavy atom. The van der Waals surface area contributed by atoms with Crippen LogP contribution in [0, 0.1) is 5.92 Å². The zero-order valence-corrected chi connectivity index (χ0v) is 10.5. The molecule has 1 aromatic rings. The molecule has 3 heteroatoms. The van der Waals surface area contributed by atoms with Crippen LogP contribution in [0.2, 0.25) is 0 Å². The van der Waals surface area contributed by atoms with E-state index in [1.165, 1.54) is 0 Å². The molecule has 3 N–H and O–H groups in total. The summed E-state index contributed by atoms with van der Waals surface area (Å²) >= 11 is 0. The highest BCUT2D eigenvalue weighted by Crippen LogP contribution is 2.24. The highest BCUT2D eigenvalue weighted by atomic mass is 14.9. The second-order valence-corrected chi connectivity index (χ2v) is 4.61. The third-order valence-corrected chi connectivity index (χ3v) is 2.59. The molecule has 0 bridgehead atoms. The molecule has 1 aromatic heterocycles. The summed E-state index contributed by atoms with van der Waals surface area (Å²) in [6.07, 6.45) is 3.97. The average molecular weight is 221 g/mol. The van der Waals surface area contributed by atoms with Gasteiger partial charge in [-0.2, -0.15) is 0 Å². The number of nitrogens with zero attached hydrogens (tertiary/aromatic N) is 1. The fourth-order valence-corrected chi connectivity index (χ4v) is 1.83. The van der Waals surface area contributed by atoms with Crippen LogP contribution in [0.3, 0.4) is 0 Å². The van der Waals surface area contributed by atoms with Crippen molar-refractivity contribution < 1.29 is 0 Å². The van der Waals surface area contributed by atoms with E-state index in [-0.39, 0.29) is 0 Å². The van der Waals surface area contributed by atoms with Crippen molar-refractivity contribution in [1.29, 1.82) is 0 Å². The van der Waals surface area contributed by atoms with Crippen LogP contribution in [0.4, 0.5) is 5.82 Å². The largest absolute Gasteiger partial charge is 0.383 e. The Labute approximate surface area is 98.5 Å². The van der Waals surface area contributed by atoms with Crippen LogP contribution in [-0.2, 0) is 0 Å². The highest BCUT2D eigenvalue weighted by molar-refractivity contribution is 5.40. The van der Waals surface area contributed by atoms with Crippen molar-refractivity contribution in [2.24, 2.45) is 5.92 Å². The van der Waals surface area contributed by atoms with Gasteiger partial charge in [0, 0.05) is 17.8 Å². The molecular formula is C13H23N3. The summed E-state index contributed by atoms with van der Waals surface area (Å²) in [7, 11) is 0. The van der Waals surface area contributed by atoms with E-state index in [4.69, 9.17) is 5.73 Å². The van der Waals surface area contributed by atoms with Crippen LogP contribution in [0.15, 0.2) is 18.3 Å². The molecule has 0 saturated heterocycles. The molecule has 0 aliphatic rings. The number of pyridine rings is 1. The standard InChI is InChI=1S/C13H23N3/c1-4-7-15-12(9-10(2)3)11-6-5-8-16-13(11)14/h5-6,8,10,12,15H,4,7,9H2,1-3H3,(H2,14,16). The van der Waals surface area contributed by atoms with Gasteiger partial charge >= 0.3 is 0 Å². The molecule has 0 saturated carbocycles. The molecule has 3 nitrogen and oxygen atoms in total. The Kier molecular flexibility index (Phi) is 5.26. The molecule has 1 heterocycles. The Bertz CT molecular complexity index is 310. The Morgan fingerprint density at radius 1 is 1.44 bits per heavy atom. The summed E-state index contributed by atoms with van der Waals surface area (Å²) in [5.74, 6) is 1.30. The van der Waals surface area contributed by atoms with Gasteiger partial charge in [-0.05, 0) is 31.4 Å². The van der Waals surface area contributed by atoms with Gasteiger partial charge in [0.2, 0.25) is 0 Å². The molecule has 0 aromatic carbocycles. The molecule has 90 valence electrons. The average Bonchev–Trinajstić information content (AvgIpc) is 2.24. The zero-order chi connectivity index (χ0) is 12.0. The lowest BCUT2D eigenvalue weighted by Gasteiger charge is -2.21. The minimum atomic E-state index is 0.327. The van der Waals surface area contributed by atoms with Gasteiger partial charge in [0.25, 0.3) is 0 Å². The summed E-state index contributed by atoms with van der Waals surface area (Å²) in [5.41, 5.74) is 7.05. The first-order chi connectivity index (χ1) is 7.65. The fourth-order valence-electron chi connectivity index (χ4n) is 1.83. The number of nitrogen functional groups attached to an aromatic ring is 1. The van der Waals surface area contributed by atoms with Crippen LogP contribution >= 0.6 is 0 Å². The van der Waals surface area contributed by atoms with Gasteiger partial charge < -0.3 is 11.1 Å². The summed E-state index contributed by atoms with van der Waals surface area (Å²) < 4.78 is 0. The molecule has 1 rings (SSSR count). The van der Waals surface area contributed by atoms with E-state index in [1.807, 2.05) is 6.07 Å². The van der Waals surface area contributed by atoms with Gasteiger partial charge in [-0.15, -0.1) is 0 Å². The van der Waals surface area contributed by atoms with E-state index >= 15 is 0 Å². The van der Waals surface area contributed by atoms with Crippen molar-refractivity contribution in [2.45, 2.75) is 39.7 Å². The number of nitrogens with two attached hydrogens (primary N) is 1. The van der Waals surface area contributed by atoms with E-state index < -0.39 is 0 Å². The van der Waals surface area contributed by atoms with Crippen molar-refractivity contribution in [2.75, 3.05) is 12.3 Å². The van der Waals surface area contributed by atoms with Gasteiger partial charge in [0.1, 0.15) is 5.82 Å². The monoisotopic (exact) mass is 221 g/mol. The number of hydrogen-bond acceptors (Lipinski definition) is 3. The number of nitrogens with one attached hydrogen (secondary N) is 1. The Hall–Kier alpha value is -1.09. The summed E-state index contributed by atoms with van der Waals surface area (Å²) in [6, 6.07) is 4.35. The van der Waals surface area contributed by atoms with E-state index in [0.29, 0.717) is 17.8 Å². The van der Waals surface area contributed by atoms with Gasteiger partial charge in [0.15, 0.2) is 0 Å². The molecule has 0 radical (unpaired) electrons. The Morgan fingerprint density at radius 3 is 2.75 bits per heavy atom. The van der Waals surface area contributed by atoms with Crippen LogP contribution in [0.25, 0.3) is 0 Å². The first kappa shape index (κ1) is 13.0. The highest BCUT2D eigenvalue weighted by Gasteiger charge is 2.15. The SMILES string of the molecule is CCCNC(CC(C)C)c1cccnc1N. The topological polar surface area (TPSA) is 50.9 Å². The second-order valence-electron chi connectivity index (χ2n) is 4.61.